The molecule has 1 heterocycles. The summed E-state index contributed by atoms with van der Waals surface area (Å²) in [6.07, 6.45) is -2.74. The molecule has 26 heavy (non-hydrogen) atoms. The standard InChI is InChI=1S/C19H18F3NO3/c1-10-15(18(25)26-2)16(17-13(23-10)4-3-5-14(17)24)11-6-8-12(9-7-11)19(20,21)22/h6-9,16,23H,3-5H2,1-2H3. The van der Waals surface area contributed by atoms with Gasteiger partial charge in [-0.1, -0.05) is 12.1 Å². The van der Waals surface area contributed by atoms with Gasteiger partial charge in [0.15, 0.2) is 5.78 Å². The molecule has 4 nitrogen and oxygen atoms in total. The number of carbonyl (C=O) groups is 2. The Morgan fingerprint density at radius 3 is 2.42 bits per heavy atom. The third kappa shape index (κ3) is 3.13. The largest absolute Gasteiger partial charge is 0.466 e. The van der Waals surface area contributed by atoms with Crippen LogP contribution in [0.4, 0.5) is 13.2 Å². The zero-order valence-corrected chi connectivity index (χ0v) is 14.4. The van der Waals surface area contributed by atoms with Crippen LogP contribution in [0.2, 0.25) is 0 Å². The summed E-state index contributed by atoms with van der Waals surface area (Å²) in [6.45, 7) is 1.70. The maximum atomic E-state index is 12.9. The van der Waals surface area contributed by atoms with Crippen LogP contribution in [0.1, 0.15) is 43.2 Å². The van der Waals surface area contributed by atoms with Crippen molar-refractivity contribution in [1.29, 1.82) is 0 Å². The van der Waals surface area contributed by atoms with Gasteiger partial charge in [-0.05, 0) is 37.5 Å². The van der Waals surface area contributed by atoms with E-state index >= 15 is 0 Å². The first-order valence-electron chi connectivity index (χ1n) is 8.23. The predicted molar refractivity (Wildman–Crippen MR) is 87.9 cm³/mol. The van der Waals surface area contributed by atoms with Crippen LogP contribution < -0.4 is 5.32 Å². The molecular weight excluding hydrogens is 347 g/mol. The van der Waals surface area contributed by atoms with E-state index in [0.29, 0.717) is 36.1 Å². The monoisotopic (exact) mass is 365 g/mol. The first-order chi connectivity index (χ1) is 12.2. The topological polar surface area (TPSA) is 55.4 Å². The van der Waals surface area contributed by atoms with Crippen LogP contribution in [0.25, 0.3) is 0 Å². The number of hydrogen-bond acceptors (Lipinski definition) is 4. The Bertz CT molecular complexity index is 819. The number of Topliss-reactive ketones (excluding diaryl/α,β-unsaturated/α-hetero) is 1. The van der Waals surface area contributed by atoms with E-state index in [9.17, 15) is 22.8 Å². The number of rotatable bonds is 2. The highest BCUT2D eigenvalue weighted by Crippen LogP contribution is 2.43. The molecule has 0 saturated heterocycles. The number of ketones is 1. The third-order valence-corrected chi connectivity index (χ3v) is 4.75. The van der Waals surface area contributed by atoms with Crippen LogP contribution in [0, 0.1) is 0 Å². The Kier molecular flexibility index (Phi) is 4.64. The Balaban J connectivity index is 2.14. The van der Waals surface area contributed by atoms with Crippen LogP contribution >= 0.6 is 0 Å². The van der Waals surface area contributed by atoms with E-state index in [1.54, 1.807) is 6.92 Å². The van der Waals surface area contributed by atoms with Crippen molar-refractivity contribution in [3.63, 3.8) is 0 Å². The summed E-state index contributed by atoms with van der Waals surface area (Å²) in [7, 11) is 1.24. The molecule has 0 spiro atoms. The second-order valence-corrected chi connectivity index (χ2v) is 6.38. The number of carbonyl (C=O) groups excluding carboxylic acids is 2. The summed E-state index contributed by atoms with van der Waals surface area (Å²) in [6, 6.07) is 4.58. The van der Waals surface area contributed by atoms with Crippen molar-refractivity contribution in [2.75, 3.05) is 7.11 Å². The number of nitrogens with one attached hydrogen (secondary N) is 1. The molecule has 1 unspecified atom stereocenters. The average Bonchev–Trinajstić information content (AvgIpc) is 2.59. The summed E-state index contributed by atoms with van der Waals surface area (Å²) in [5.41, 5.74) is 1.66. The Morgan fingerprint density at radius 1 is 1.19 bits per heavy atom. The molecule has 0 saturated carbocycles. The van der Waals surface area contributed by atoms with E-state index in [4.69, 9.17) is 4.74 Å². The van der Waals surface area contributed by atoms with Gasteiger partial charge >= 0.3 is 12.1 Å². The molecule has 138 valence electrons. The molecular formula is C19H18F3NO3. The van der Waals surface area contributed by atoms with E-state index in [2.05, 4.69) is 5.32 Å². The molecule has 2 aliphatic rings. The van der Waals surface area contributed by atoms with Crippen LogP contribution in [-0.4, -0.2) is 18.9 Å². The van der Waals surface area contributed by atoms with Crippen molar-refractivity contribution < 1.29 is 27.5 Å². The van der Waals surface area contributed by atoms with Crippen molar-refractivity contribution in [3.8, 4) is 0 Å². The number of hydrogen-bond donors (Lipinski definition) is 1. The van der Waals surface area contributed by atoms with Gasteiger partial charge in [-0.3, -0.25) is 4.79 Å². The lowest BCUT2D eigenvalue weighted by Crippen LogP contribution is -2.34. The van der Waals surface area contributed by atoms with E-state index in [1.165, 1.54) is 19.2 Å². The molecule has 3 rings (SSSR count). The molecule has 0 bridgehead atoms. The van der Waals surface area contributed by atoms with Gasteiger partial charge in [0.05, 0.1) is 18.2 Å². The molecule has 1 aliphatic heterocycles. The number of ether oxygens (including phenoxy) is 1. The third-order valence-electron chi connectivity index (χ3n) is 4.75. The highest BCUT2D eigenvalue weighted by atomic mass is 19.4. The molecule has 1 N–H and O–H groups in total. The summed E-state index contributed by atoms with van der Waals surface area (Å²) >= 11 is 0. The summed E-state index contributed by atoms with van der Waals surface area (Å²) in [5.74, 6) is -1.43. The highest BCUT2D eigenvalue weighted by Gasteiger charge is 2.39. The van der Waals surface area contributed by atoms with Crippen molar-refractivity contribution in [3.05, 3.63) is 57.9 Å². The van der Waals surface area contributed by atoms with Gasteiger partial charge in [0.1, 0.15) is 0 Å². The lowest BCUT2D eigenvalue weighted by molar-refractivity contribution is -0.138. The number of dihydropyridines is 1. The van der Waals surface area contributed by atoms with Crippen LogP contribution in [0.15, 0.2) is 46.8 Å². The molecule has 1 aromatic rings. The smallest absolute Gasteiger partial charge is 0.416 e. The fourth-order valence-corrected chi connectivity index (χ4v) is 3.56. The van der Waals surface area contributed by atoms with Crippen LogP contribution in [0.5, 0.6) is 0 Å². The SMILES string of the molecule is COC(=O)C1=C(C)NC2=C(C(=O)CCC2)C1c1ccc(C(F)(F)F)cc1. The summed E-state index contributed by atoms with van der Waals surface area (Å²) in [5, 5.41) is 3.11. The van der Waals surface area contributed by atoms with Gasteiger partial charge in [0.2, 0.25) is 0 Å². The van der Waals surface area contributed by atoms with E-state index in [0.717, 1.165) is 17.8 Å². The van der Waals surface area contributed by atoms with E-state index < -0.39 is 23.6 Å². The van der Waals surface area contributed by atoms with Crippen molar-refractivity contribution >= 4 is 11.8 Å². The Labute approximate surface area is 148 Å². The Hall–Kier alpha value is -2.57. The maximum absolute atomic E-state index is 12.9. The predicted octanol–water partition coefficient (Wildman–Crippen LogP) is 3.85. The van der Waals surface area contributed by atoms with Gasteiger partial charge in [-0.25, -0.2) is 4.79 Å². The molecule has 0 radical (unpaired) electrons. The van der Waals surface area contributed by atoms with Crippen LogP contribution in [-0.2, 0) is 20.5 Å². The van der Waals surface area contributed by atoms with Gasteiger partial charge in [0, 0.05) is 29.3 Å². The summed E-state index contributed by atoms with van der Waals surface area (Å²) in [4.78, 5) is 24.9. The molecule has 1 aromatic carbocycles. The molecule has 1 aliphatic carbocycles. The zero-order chi connectivity index (χ0) is 19.1. The number of esters is 1. The highest BCUT2D eigenvalue weighted by molar-refractivity contribution is 6.03. The minimum absolute atomic E-state index is 0.0995. The second-order valence-electron chi connectivity index (χ2n) is 6.38. The first kappa shape index (κ1) is 18.2. The van der Waals surface area contributed by atoms with E-state index in [1.807, 2.05) is 0 Å². The van der Waals surface area contributed by atoms with E-state index in [-0.39, 0.29) is 11.4 Å². The normalized spacial score (nSPS) is 20.7. The maximum Gasteiger partial charge on any atom is 0.416 e. The number of alkyl halides is 3. The van der Waals surface area contributed by atoms with Crippen molar-refractivity contribution in [1.82, 2.24) is 5.32 Å². The van der Waals surface area contributed by atoms with Gasteiger partial charge < -0.3 is 10.1 Å². The zero-order valence-electron chi connectivity index (χ0n) is 14.4. The lowest BCUT2D eigenvalue weighted by Gasteiger charge is -2.34. The minimum Gasteiger partial charge on any atom is -0.466 e. The van der Waals surface area contributed by atoms with Gasteiger partial charge in [-0.15, -0.1) is 0 Å². The van der Waals surface area contributed by atoms with Crippen LogP contribution in [0.3, 0.4) is 0 Å². The minimum atomic E-state index is -4.45. The fraction of sp³-hybridized carbons (Fsp3) is 0.368. The van der Waals surface area contributed by atoms with Crippen molar-refractivity contribution in [2.24, 2.45) is 0 Å². The molecule has 0 fully saturated rings. The molecule has 1 atom stereocenters. The first-order valence-corrected chi connectivity index (χ1v) is 8.23. The second kappa shape index (κ2) is 6.63. The molecule has 0 aromatic heterocycles. The number of benzene rings is 1. The fourth-order valence-electron chi connectivity index (χ4n) is 3.56. The van der Waals surface area contributed by atoms with Gasteiger partial charge in [0.25, 0.3) is 0 Å². The molecule has 0 amide bonds. The molecule has 7 heteroatoms. The van der Waals surface area contributed by atoms with Crippen molar-refractivity contribution in [2.45, 2.75) is 38.3 Å². The number of allylic oxidation sites excluding steroid dienone is 3. The van der Waals surface area contributed by atoms with Gasteiger partial charge in [-0.2, -0.15) is 13.2 Å². The summed E-state index contributed by atoms with van der Waals surface area (Å²) < 4.78 is 43.4. The lowest BCUT2D eigenvalue weighted by atomic mass is 9.75. The Morgan fingerprint density at radius 2 is 1.85 bits per heavy atom. The number of methoxy groups -OCH3 is 1. The average molecular weight is 365 g/mol. The number of halogens is 3. The quantitative estimate of drug-likeness (QED) is 0.809.